The third-order valence-electron chi connectivity index (χ3n) is 2.97. The van der Waals surface area contributed by atoms with Gasteiger partial charge in [-0.15, -0.1) is 0 Å². The third kappa shape index (κ3) is 1.98. The molecule has 0 aliphatic carbocycles. The number of rotatable bonds is 2. The highest BCUT2D eigenvalue weighted by Gasteiger charge is 2.15. The maximum absolute atomic E-state index is 12.2. The molecule has 20 heavy (non-hydrogen) atoms. The number of nitrogens with zero attached hydrogens (tertiary/aromatic N) is 2. The number of aromatic amines is 1. The van der Waals surface area contributed by atoms with E-state index in [1.807, 2.05) is 30.3 Å². The van der Waals surface area contributed by atoms with Crippen LogP contribution in [0, 0.1) is 0 Å². The zero-order valence-corrected chi connectivity index (χ0v) is 11.1. The molecule has 0 aliphatic heterocycles. The Hall–Kier alpha value is -2.53. The Morgan fingerprint density at radius 3 is 2.60 bits per heavy atom. The van der Waals surface area contributed by atoms with Crippen LogP contribution in [0.4, 0.5) is 5.69 Å². The van der Waals surface area contributed by atoms with E-state index < -0.39 is 0 Å². The zero-order valence-electron chi connectivity index (χ0n) is 10.4. The predicted octanol–water partition coefficient (Wildman–Crippen LogP) is 2.46. The summed E-state index contributed by atoms with van der Waals surface area (Å²) in [5, 5.41) is 3.21. The van der Waals surface area contributed by atoms with Gasteiger partial charge in [0.15, 0.2) is 5.15 Å². The number of benzene rings is 1. The Morgan fingerprint density at radius 1 is 1.15 bits per heavy atom. The van der Waals surface area contributed by atoms with E-state index in [0.717, 1.165) is 5.56 Å². The van der Waals surface area contributed by atoms with Gasteiger partial charge in [-0.3, -0.25) is 9.89 Å². The summed E-state index contributed by atoms with van der Waals surface area (Å²) in [5.41, 5.74) is 7.56. The Balaban J connectivity index is 2.22. The van der Waals surface area contributed by atoms with Crippen LogP contribution in [-0.2, 0) is 0 Å². The summed E-state index contributed by atoms with van der Waals surface area (Å²) < 4.78 is 1.30. The van der Waals surface area contributed by atoms with Gasteiger partial charge in [-0.25, -0.2) is 9.67 Å². The topological polar surface area (TPSA) is 76.7 Å². The van der Waals surface area contributed by atoms with E-state index in [1.165, 1.54) is 4.68 Å². The number of halogens is 1. The molecule has 0 saturated carbocycles. The van der Waals surface area contributed by atoms with Crippen molar-refractivity contribution in [1.82, 2.24) is 14.8 Å². The molecule has 0 bridgehead atoms. The fourth-order valence-corrected chi connectivity index (χ4v) is 2.19. The number of aromatic nitrogens is 3. The summed E-state index contributed by atoms with van der Waals surface area (Å²) in [6.07, 6.45) is 1.56. The Morgan fingerprint density at radius 2 is 1.90 bits per heavy atom. The number of hydrogen-bond donors (Lipinski definition) is 2. The molecule has 0 saturated heterocycles. The van der Waals surface area contributed by atoms with Gasteiger partial charge in [0.05, 0.1) is 5.69 Å². The van der Waals surface area contributed by atoms with E-state index in [2.05, 4.69) is 10.1 Å². The molecule has 1 aromatic carbocycles. The molecule has 6 heteroatoms. The molecule has 3 aromatic rings. The first-order chi connectivity index (χ1) is 9.68. The van der Waals surface area contributed by atoms with Gasteiger partial charge < -0.3 is 5.73 Å². The minimum absolute atomic E-state index is 0.149. The Kier molecular flexibility index (Phi) is 3.04. The maximum Gasteiger partial charge on any atom is 0.295 e. The van der Waals surface area contributed by atoms with Crippen LogP contribution in [-0.4, -0.2) is 14.8 Å². The quantitative estimate of drug-likeness (QED) is 0.711. The van der Waals surface area contributed by atoms with Gasteiger partial charge in [-0.1, -0.05) is 41.9 Å². The van der Waals surface area contributed by atoms with Gasteiger partial charge in [0.1, 0.15) is 11.4 Å². The van der Waals surface area contributed by atoms with Crippen molar-refractivity contribution in [2.24, 2.45) is 0 Å². The number of nitrogens with two attached hydrogens (primary N) is 1. The minimum atomic E-state index is -0.348. The minimum Gasteiger partial charge on any atom is -0.392 e. The zero-order chi connectivity index (χ0) is 14.1. The number of hydrogen-bond acceptors (Lipinski definition) is 3. The summed E-state index contributed by atoms with van der Waals surface area (Å²) in [6.45, 7) is 0. The van der Waals surface area contributed by atoms with E-state index in [0.29, 0.717) is 11.4 Å². The van der Waals surface area contributed by atoms with Crippen LogP contribution in [0.5, 0.6) is 0 Å². The van der Waals surface area contributed by atoms with Gasteiger partial charge in [-0.2, -0.15) is 0 Å². The van der Waals surface area contributed by atoms with Crippen LogP contribution in [0.15, 0.2) is 53.5 Å². The monoisotopic (exact) mass is 286 g/mol. The molecule has 0 radical (unpaired) electrons. The molecule has 0 atom stereocenters. The van der Waals surface area contributed by atoms with Crippen LogP contribution >= 0.6 is 11.6 Å². The van der Waals surface area contributed by atoms with Gasteiger partial charge in [0.2, 0.25) is 0 Å². The van der Waals surface area contributed by atoms with Gasteiger partial charge in [0.25, 0.3) is 5.56 Å². The summed E-state index contributed by atoms with van der Waals surface area (Å²) in [7, 11) is 0. The van der Waals surface area contributed by atoms with Crippen molar-refractivity contribution < 1.29 is 0 Å². The normalized spacial score (nSPS) is 10.7. The average molecular weight is 287 g/mol. The van der Waals surface area contributed by atoms with Crippen molar-refractivity contribution in [1.29, 1.82) is 0 Å². The lowest BCUT2D eigenvalue weighted by molar-refractivity contribution is 0.847. The first kappa shape index (κ1) is 12.5. The van der Waals surface area contributed by atoms with Crippen molar-refractivity contribution in [2.45, 2.75) is 0 Å². The van der Waals surface area contributed by atoms with Crippen molar-refractivity contribution in [3.05, 3.63) is 64.2 Å². The van der Waals surface area contributed by atoms with E-state index in [-0.39, 0.29) is 16.4 Å². The fraction of sp³-hybridized carbons (Fsp3) is 0. The molecule has 0 aliphatic rings. The molecule has 5 nitrogen and oxygen atoms in total. The second-order valence-corrected chi connectivity index (χ2v) is 4.58. The van der Waals surface area contributed by atoms with E-state index in [1.54, 1.807) is 18.3 Å². The van der Waals surface area contributed by atoms with E-state index in [4.69, 9.17) is 17.3 Å². The van der Waals surface area contributed by atoms with Gasteiger partial charge in [0, 0.05) is 11.8 Å². The molecular formula is C14H11ClN4O. The maximum atomic E-state index is 12.2. The number of anilines is 1. The number of nitrogens with one attached hydrogen (secondary N) is 1. The van der Waals surface area contributed by atoms with E-state index in [9.17, 15) is 4.79 Å². The van der Waals surface area contributed by atoms with Crippen LogP contribution in [0.25, 0.3) is 16.9 Å². The van der Waals surface area contributed by atoms with Gasteiger partial charge in [-0.05, 0) is 12.1 Å². The summed E-state index contributed by atoms with van der Waals surface area (Å²) in [6, 6.07) is 12.8. The molecule has 0 fully saturated rings. The van der Waals surface area contributed by atoms with Crippen LogP contribution in [0.1, 0.15) is 0 Å². The number of pyridine rings is 1. The van der Waals surface area contributed by atoms with Crippen molar-refractivity contribution in [2.75, 3.05) is 5.73 Å². The second-order valence-electron chi connectivity index (χ2n) is 4.22. The van der Waals surface area contributed by atoms with Gasteiger partial charge >= 0.3 is 0 Å². The van der Waals surface area contributed by atoms with Crippen LogP contribution < -0.4 is 11.3 Å². The number of nitrogen functional groups attached to an aromatic ring is 1. The molecule has 3 N–H and O–H groups in total. The van der Waals surface area contributed by atoms with Crippen molar-refractivity contribution in [3.8, 4) is 16.9 Å². The lowest BCUT2D eigenvalue weighted by atomic mass is 10.1. The Labute approximate surface area is 119 Å². The number of H-pyrrole nitrogens is 1. The molecule has 2 aromatic heterocycles. The second kappa shape index (κ2) is 4.86. The average Bonchev–Trinajstić information content (AvgIpc) is 2.77. The lowest BCUT2D eigenvalue weighted by Gasteiger charge is -2.03. The third-order valence-corrected chi connectivity index (χ3v) is 3.26. The summed E-state index contributed by atoms with van der Waals surface area (Å²) in [4.78, 5) is 16.2. The molecule has 0 unspecified atom stereocenters. The predicted molar refractivity (Wildman–Crippen MR) is 79.0 cm³/mol. The molecular weight excluding hydrogens is 276 g/mol. The highest BCUT2D eigenvalue weighted by atomic mass is 35.5. The highest BCUT2D eigenvalue weighted by molar-refractivity contribution is 6.31. The molecule has 3 rings (SSSR count). The smallest absolute Gasteiger partial charge is 0.295 e. The van der Waals surface area contributed by atoms with Crippen molar-refractivity contribution >= 4 is 17.3 Å². The first-order valence-electron chi connectivity index (χ1n) is 5.95. The summed E-state index contributed by atoms with van der Waals surface area (Å²) >= 11 is 6.01. The highest BCUT2D eigenvalue weighted by Crippen LogP contribution is 2.23. The SMILES string of the molecule is Nc1c(-c2ccccc2)[nH]n(-c2cccnc2Cl)c1=O. The lowest BCUT2D eigenvalue weighted by Crippen LogP contribution is -2.17. The van der Waals surface area contributed by atoms with Crippen LogP contribution in [0.3, 0.4) is 0 Å². The molecule has 0 amide bonds. The molecule has 0 spiro atoms. The van der Waals surface area contributed by atoms with E-state index >= 15 is 0 Å². The Bertz CT molecular complexity index is 808. The summed E-state index contributed by atoms with van der Waals surface area (Å²) in [5.74, 6) is 0. The fourth-order valence-electron chi connectivity index (χ4n) is 1.99. The molecule has 2 heterocycles. The largest absolute Gasteiger partial charge is 0.392 e. The first-order valence-corrected chi connectivity index (χ1v) is 6.33. The van der Waals surface area contributed by atoms with Crippen LogP contribution in [0.2, 0.25) is 5.15 Å². The van der Waals surface area contributed by atoms with Crippen molar-refractivity contribution in [3.63, 3.8) is 0 Å². The standard InChI is InChI=1S/C14H11ClN4O/c15-13-10(7-4-8-17-13)19-14(20)11(16)12(18-19)9-5-2-1-3-6-9/h1-8,18H,16H2. The molecule has 100 valence electrons.